The van der Waals surface area contributed by atoms with E-state index in [4.69, 9.17) is 9.84 Å². The monoisotopic (exact) mass is 302 g/mol. The van der Waals surface area contributed by atoms with Gasteiger partial charge in [0.05, 0.1) is 18.4 Å². The lowest BCUT2D eigenvalue weighted by atomic mass is 10.2. The Morgan fingerprint density at radius 2 is 2.05 bits per heavy atom. The Morgan fingerprint density at radius 3 is 2.55 bits per heavy atom. The van der Waals surface area contributed by atoms with Crippen LogP contribution in [0.15, 0.2) is 18.2 Å². The summed E-state index contributed by atoms with van der Waals surface area (Å²) in [6.07, 6.45) is 0. The Hall–Kier alpha value is -1.80. The van der Waals surface area contributed by atoms with Crippen LogP contribution in [0, 0.1) is 5.92 Å². The summed E-state index contributed by atoms with van der Waals surface area (Å²) in [4.78, 5) is 10.9. The van der Waals surface area contributed by atoms with Gasteiger partial charge in [0, 0.05) is 6.54 Å². The van der Waals surface area contributed by atoms with Crippen LogP contribution in [0.1, 0.15) is 24.2 Å². The molecule has 20 heavy (non-hydrogen) atoms. The van der Waals surface area contributed by atoms with Crippen molar-refractivity contribution in [1.29, 1.82) is 0 Å². The third kappa shape index (κ3) is 4.71. The molecule has 112 valence electrons. The second-order valence-corrected chi connectivity index (χ2v) is 6.07. The summed E-state index contributed by atoms with van der Waals surface area (Å²) in [7, 11) is -2.41. The molecule has 0 saturated carbocycles. The Labute approximate surface area is 118 Å². The van der Waals surface area contributed by atoms with Gasteiger partial charge < -0.3 is 9.84 Å². The topological polar surface area (TPSA) is 105 Å². The molecule has 1 aromatic carbocycles. The van der Waals surface area contributed by atoms with E-state index in [-0.39, 0.29) is 29.5 Å². The minimum Gasteiger partial charge on any atom is -0.495 e. The molecule has 0 aliphatic rings. The number of methoxy groups -OCH3 is 1. The molecule has 0 heterocycles. The summed E-state index contributed by atoms with van der Waals surface area (Å²) >= 11 is 0. The Kier molecular flexibility index (Phi) is 5.34. The lowest BCUT2D eigenvalue weighted by Gasteiger charge is -2.14. The van der Waals surface area contributed by atoms with Crippen molar-refractivity contribution >= 4 is 21.9 Å². The molecule has 7 nitrogen and oxygen atoms in total. The number of hydrogen-bond donors (Lipinski definition) is 3. The van der Waals surface area contributed by atoms with Crippen molar-refractivity contribution in [2.24, 2.45) is 5.92 Å². The zero-order chi connectivity index (χ0) is 15.3. The van der Waals surface area contributed by atoms with E-state index in [1.165, 1.54) is 25.3 Å². The van der Waals surface area contributed by atoms with Gasteiger partial charge in [-0.15, -0.1) is 0 Å². The molecule has 0 radical (unpaired) electrons. The van der Waals surface area contributed by atoms with Gasteiger partial charge in [-0.1, -0.05) is 13.8 Å². The highest BCUT2D eigenvalue weighted by atomic mass is 32.2. The predicted octanol–water partition coefficient (Wildman–Crippen LogP) is 1.30. The SMILES string of the molecule is COc1ccc(C(=O)O)cc1NS(=O)(=O)NCC(C)C. The standard InChI is InChI=1S/C12H18N2O5S/c1-8(2)7-13-20(17,18)14-10-6-9(12(15)16)4-5-11(10)19-3/h4-6,8,13-14H,7H2,1-3H3,(H,15,16). The van der Waals surface area contributed by atoms with Crippen LogP contribution in [0.3, 0.4) is 0 Å². The van der Waals surface area contributed by atoms with Crippen LogP contribution in [0.5, 0.6) is 5.75 Å². The number of carboxylic acids is 1. The smallest absolute Gasteiger partial charge is 0.335 e. The van der Waals surface area contributed by atoms with Crippen molar-refractivity contribution in [3.63, 3.8) is 0 Å². The third-order valence-corrected chi connectivity index (χ3v) is 3.41. The molecule has 0 saturated heterocycles. The highest BCUT2D eigenvalue weighted by Crippen LogP contribution is 2.26. The normalized spacial score (nSPS) is 11.4. The summed E-state index contributed by atoms with van der Waals surface area (Å²) in [6, 6.07) is 3.93. The molecule has 0 amide bonds. The van der Waals surface area contributed by atoms with E-state index in [1.807, 2.05) is 13.8 Å². The molecule has 1 rings (SSSR count). The summed E-state index contributed by atoms with van der Waals surface area (Å²) in [6.45, 7) is 4.01. The van der Waals surface area contributed by atoms with Gasteiger partial charge in [-0.25, -0.2) is 4.79 Å². The van der Waals surface area contributed by atoms with Gasteiger partial charge in [-0.05, 0) is 24.1 Å². The van der Waals surface area contributed by atoms with Crippen molar-refractivity contribution in [2.75, 3.05) is 18.4 Å². The summed E-state index contributed by atoms with van der Waals surface area (Å²) in [5.41, 5.74) is 0.0380. The number of hydrogen-bond acceptors (Lipinski definition) is 4. The highest BCUT2D eigenvalue weighted by Gasteiger charge is 2.15. The molecular weight excluding hydrogens is 284 g/mol. The zero-order valence-electron chi connectivity index (χ0n) is 11.5. The van der Waals surface area contributed by atoms with Gasteiger partial charge in [0.15, 0.2) is 0 Å². The number of carbonyl (C=O) groups is 1. The number of carboxylic acid groups (broad SMARTS) is 1. The minimum atomic E-state index is -3.78. The second kappa shape index (κ2) is 6.58. The van der Waals surface area contributed by atoms with Crippen molar-refractivity contribution in [3.05, 3.63) is 23.8 Å². The van der Waals surface area contributed by atoms with Crippen molar-refractivity contribution in [3.8, 4) is 5.75 Å². The molecule has 0 unspecified atom stereocenters. The fraction of sp³-hybridized carbons (Fsp3) is 0.417. The maximum absolute atomic E-state index is 11.8. The van der Waals surface area contributed by atoms with Crippen molar-refractivity contribution in [1.82, 2.24) is 4.72 Å². The lowest BCUT2D eigenvalue weighted by molar-refractivity contribution is 0.0697. The Bertz CT molecular complexity index is 584. The molecule has 0 aliphatic heterocycles. The quantitative estimate of drug-likeness (QED) is 0.704. The average molecular weight is 302 g/mol. The van der Waals surface area contributed by atoms with E-state index in [2.05, 4.69) is 9.44 Å². The predicted molar refractivity (Wildman–Crippen MR) is 75.3 cm³/mol. The third-order valence-electron chi connectivity index (χ3n) is 2.37. The van der Waals surface area contributed by atoms with Crippen molar-refractivity contribution < 1.29 is 23.1 Å². The van der Waals surface area contributed by atoms with Gasteiger partial charge in [0.2, 0.25) is 0 Å². The fourth-order valence-electron chi connectivity index (χ4n) is 1.38. The van der Waals surface area contributed by atoms with E-state index in [0.29, 0.717) is 0 Å². The molecule has 0 aromatic heterocycles. The highest BCUT2D eigenvalue weighted by molar-refractivity contribution is 7.90. The second-order valence-electron chi connectivity index (χ2n) is 4.57. The largest absolute Gasteiger partial charge is 0.495 e. The lowest BCUT2D eigenvalue weighted by Crippen LogP contribution is -2.33. The Morgan fingerprint density at radius 1 is 1.40 bits per heavy atom. The summed E-state index contributed by atoms with van der Waals surface area (Å²) < 4.78 is 33.3. The first-order chi connectivity index (χ1) is 9.25. The average Bonchev–Trinajstić information content (AvgIpc) is 2.36. The number of rotatable bonds is 7. The number of benzene rings is 1. The first-order valence-corrected chi connectivity index (χ1v) is 7.42. The van der Waals surface area contributed by atoms with Gasteiger partial charge in [0.25, 0.3) is 10.2 Å². The number of aromatic carboxylic acids is 1. The van der Waals surface area contributed by atoms with Gasteiger partial charge in [-0.2, -0.15) is 13.1 Å². The van der Waals surface area contributed by atoms with Crippen LogP contribution in [-0.2, 0) is 10.2 Å². The number of anilines is 1. The van der Waals surface area contributed by atoms with E-state index >= 15 is 0 Å². The molecule has 0 fully saturated rings. The minimum absolute atomic E-state index is 0.0349. The number of ether oxygens (including phenoxy) is 1. The van der Waals surface area contributed by atoms with E-state index in [0.717, 1.165) is 0 Å². The van der Waals surface area contributed by atoms with Crippen LogP contribution in [0.4, 0.5) is 5.69 Å². The van der Waals surface area contributed by atoms with E-state index in [9.17, 15) is 13.2 Å². The molecule has 0 atom stereocenters. The summed E-state index contributed by atoms with van der Waals surface area (Å²) in [5, 5.41) is 8.91. The van der Waals surface area contributed by atoms with E-state index < -0.39 is 16.2 Å². The van der Waals surface area contributed by atoms with Gasteiger partial charge in [-0.3, -0.25) is 4.72 Å². The maximum atomic E-state index is 11.8. The molecule has 1 aromatic rings. The molecule has 0 spiro atoms. The van der Waals surface area contributed by atoms with Crippen LogP contribution >= 0.6 is 0 Å². The molecule has 0 aliphatic carbocycles. The van der Waals surface area contributed by atoms with Crippen molar-refractivity contribution in [2.45, 2.75) is 13.8 Å². The molecule has 0 bridgehead atoms. The van der Waals surface area contributed by atoms with E-state index in [1.54, 1.807) is 0 Å². The van der Waals surface area contributed by atoms with Gasteiger partial charge in [0.1, 0.15) is 5.75 Å². The molecule has 3 N–H and O–H groups in total. The first-order valence-electron chi connectivity index (χ1n) is 5.94. The Balaban J connectivity index is 3.00. The van der Waals surface area contributed by atoms with Crippen LogP contribution in [0.25, 0.3) is 0 Å². The molecular formula is C12H18N2O5S. The molecule has 8 heteroatoms. The van der Waals surface area contributed by atoms with Gasteiger partial charge >= 0.3 is 5.97 Å². The fourth-order valence-corrected chi connectivity index (χ4v) is 2.45. The zero-order valence-corrected chi connectivity index (χ0v) is 12.3. The van der Waals surface area contributed by atoms with Crippen LogP contribution in [0.2, 0.25) is 0 Å². The summed E-state index contributed by atoms with van der Waals surface area (Å²) in [5.74, 6) is -0.757. The van der Waals surface area contributed by atoms with Crippen LogP contribution in [-0.4, -0.2) is 33.1 Å². The first kappa shape index (κ1) is 16.3. The number of nitrogens with one attached hydrogen (secondary N) is 2. The van der Waals surface area contributed by atoms with Crippen LogP contribution < -0.4 is 14.2 Å². The maximum Gasteiger partial charge on any atom is 0.335 e.